The minimum Gasteiger partial charge on any atom is -0.389 e. The number of thioether (sulfide) groups is 1. The summed E-state index contributed by atoms with van der Waals surface area (Å²) in [5.74, 6) is 0.936. The fourth-order valence-corrected chi connectivity index (χ4v) is 3.05. The summed E-state index contributed by atoms with van der Waals surface area (Å²) < 4.78 is 1.70. The lowest BCUT2D eigenvalue weighted by molar-refractivity contribution is 0.208. The highest BCUT2D eigenvalue weighted by molar-refractivity contribution is 7.99. The number of aliphatic hydroxyl groups is 1. The average molecular weight is 312 g/mol. The van der Waals surface area contributed by atoms with Gasteiger partial charge in [-0.15, -0.1) is 5.10 Å². The molecule has 0 bridgehead atoms. The second kappa shape index (κ2) is 5.67. The van der Waals surface area contributed by atoms with E-state index in [-0.39, 0.29) is 6.04 Å². The van der Waals surface area contributed by atoms with Gasteiger partial charge >= 0.3 is 0 Å². The molecule has 0 amide bonds. The van der Waals surface area contributed by atoms with Crippen LogP contribution in [0.25, 0.3) is 11.2 Å². The van der Waals surface area contributed by atoms with E-state index in [9.17, 15) is 5.11 Å². The van der Waals surface area contributed by atoms with Crippen LogP contribution in [0.15, 0.2) is 17.3 Å². The van der Waals surface area contributed by atoms with E-state index in [2.05, 4.69) is 27.2 Å². The molecular weight excluding hydrogens is 298 g/mol. The van der Waals surface area contributed by atoms with E-state index in [4.69, 9.17) is 11.6 Å². The van der Waals surface area contributed by atoms with Crippen LogP contribution >= 0.6 is 23.4 Å². The van der Waals surface area contributed by atoms with Crippen molar-refractivity contribution in [2.75, 3.05) is 5.75 Å². The summed E-state index contributed by atoms with van der Waals surface area (Å²) in [6.07, 6.45) is 4.85. The van der Waals surface area contributed by atoms with Gasteiger partial charge in [-0.3, -0.25) is 0 Å². The molecule has 2 atom stereocenters. The first-order valence-electron chi connectivity index (χ1n) is 6.46. The lowest BCUT2D eigenvalue weighted by Gasteiger charge is -2.09. The number of hydrogen-bond donors (Lipinski definition) is 1. The van der Waals surface area contributed by atoms with Crippen molar-refractivity contribution in [3.63, 3.8) is 0 Å². The highest BCUT2D eigenvalue weighted by atomic mass is 35.5. The first-order valence-corrected chi connectivity index (χ1v) is 7.83. The molecule has 20 heavy (non-hydrogen) atoms. The molecular formula is C12H14ClN5OS. The van der Waals surface area contributed by atoms with E-state index in [1.165, 1.54) is 0 Å². The van der Waals surface area contributed by atoms with Crippen molar-refractivity contribution in [2.24, 2.45) is 0 Å². The Hall–Kier alpha value is -1.18. The topological polar surface area (TPSA) is 76.7 Å². The molecule has 1 aliphatic carbocycles. The summed E-state index contributed by atoms with van der Waals surface area (Å²) in [5.41, 5.74) is 1.12. The summed E-state index contributed by atoms with van der Waals surface area (Å²) >= 11 is 7.70. The van der Waals surface area contributed by atoms with Crippen LogP contribution in [0.4, 0.5) is 0 Å². The Balaban J connectivity index is 2.01. The molecule has 0 radical (unpaired) electrons. The predicted molar refractivity (Wildman–Crippen MR) is 77.9 cm³/mol. The van der Waals surface area contributed by atoms with Crippen molar-refractivity contribution < 1.29 is 5.11 Å². The number of aliphatic hydroxyl groups excluding tert-OH is 1. The third kappa shape index (κ3) is 2.53. The maximum absolute atomic E-state index is 9.58. The second-order valence-corrected chi connectivity index (χ2v) is 6.03. The van der Waals surface area contributed by atoms with E-state index >= 15 is 0 Å². The average Bonchev–Trinajstić information content (AvgIpc) is 3.02. The van der Waals surface area contributed by atoms with Gasteiger partial charge < -0.3 is 5.11 Å². The quantitative estimate of drug-likeness (QED) is 0.404. The molecule has 8 heteroatoms. The Bertz CT molecular complexity index is 659. The first kappa shape index (κ1) is 13.8. The summed E-state index contributed by atoms with van der Waals surface area (Å²) in [6.45, 7) is 2.10. The molecule has 0 saturated heterocycles. The Morgan fingerprint density at radius 1 is 1.45 bits per heavy atom. The molecule has 2 aromatic rings. The Morgan fingerprint density at radius 3 is 3.00 bits per heavy atom. The Kier molecular flexibility index (Phi) is 3.91. The summed E-state index contributed by atoms with van der Waals surface area (Å²) in [7, 11) is 0. The van der Waals surface area contributed by atoms with Crippen molar-refractivity contribution in [3.8, 4) is 0 Å². The van der Waals surface area contributed by atoms with Crippen LogP contribution < -0.4 is 0 Å². The number of nitrogens with zero attached hydrogens (tertiary/aromatic N) is 5. The van der Waals surface area contributed by atoms with Gasteiger partial charge in [0.2, 0.25) is 0 Å². The van der Waals surface area contributed by atoms with Crippen LogP contribution in [0.5, 0.6) is 0 Å². The maximum Gasteiger partial charge on any atom is 0.191 e. The van der Waals surface area contributed by atoms with Gasteiger partial charge in [0.25, 0.3) is 0 Å². The number of halogens is 1. The van der Waals surface area contributed by atoms with Gasteiger partial charge in [-0.1, -0.05) is 47.7 Å². The molecule has 0 aromatic carbocycles. The highest BCUT2D eigenvalue weighted by Crippen LogP contribution is 2.28. The van der Waals surface area contributed by atoms with Gasteiger partial charge in [0.1, 0.15) is 0 Å². The van der Waals surface area contributed by atoms with Crippen LogP contribution in [-0.4, -0.2) is 41.9 Å². The predicted octanol–water partition coefficient (Wildman–Crippen LogP) is 2.24. The van der Waals surface area contributed by atoms with Crippen LogP contribution in [0, 0.1) is 0 Å². The fourth-order valence-electron chi connectivity index (χ4n) is 2.10. The molecule has 0 fully saturated rings. The lowest BCUT2D eigenvalue weighted by atomic mass is 10.2. The Labute approximate surface area is 125 Å². The molecule has 0 spiro atoms. The van der Waals surface area contributed by atoms with Gasteiger partial charge in [-0.05, 0) is 6.42 Å². The number of rotatable bonds is 4. The number of allylic oxidation sites excluding steroid dienone is 1. The van der Waals surface area contributed by atoms with E-state index in [0.717, 1.165) is 12.2 Å². The minimum absolute atomic E-state index is 0.0370. The summed E-state index contributed by atoms with van der Waals surface area (Å²) in [6, 6.07) is -0.0370. The molecule has 0 saturated carbocycles. The smallest absolute Gasteiger partial charge is 0.191 e. The van der Waals surface area contributed by atoms with Gasteiger partial charge in [-0.2, -0.15) is 0 Å². The Morgan fingerprint density at radius 2 is 2.30 bits per heavy atom. The molecule has 3 rings (SSSR count). The second-order valence-electron chi connectivity index (χ2n) is 4.61. The number of fused-ring (bicyclic) bond motifs is 1. The van der Waals surface area contributed by atoms with Crippen LogP contribution in [0.1, 0.15) is 25.8 Å². The van der Waals surface area contributed by atoms with Gasteiger partial charge in [0, 0.05) is 12.2 Å². The summed E-state index contributed by atoms with van der Waals surface area (Å²) in [5, 5.41) is 18.7. The zero-order chi connectivity index (χ0) is 14.1. The van der Waals surface area contributed by atoms with Crippen molar-refractivity contribution >= 4 is 34.5 Å². The largest absolute Gasteiger partial charge is 0.389 e. The molecule has 1 unspecified atom stereocenters. The zero-order valence-corrected chi connectivity index (χ0v) is 12.5. The van der Waals surface area contributed by atoms with Crippen LogP contribution in [-0.2, 0) is 0 Å². The molecule has 2 heterocycles. The fraction of sp³-hybridized carbons (Fsp3) is 0.500. The zero-order valence-electron chi connectivity index (χ0n) is 10.9. The molecule has 106 valence electrons. The summed E-state index contributed by atoms with van der Waals surface area (Å²) in [4.78, 5) is 8.72. The molecule has 2 aromatic heterocycles. The SMILES string of the molecule is CCCSc1nc(Cl)c2nnn(C3C=C[C@@H](O)C3)c2n1. The van der Waals surface area contributed by atoms with E-state index in [0.29, 0.717) is 27.9 Å². The normalized spacial score (nSPS) is 21.9. The number of aromatic nitrogens is 5. The molecule has 6 nitrogen and oxygen atoms in total. The van der Waals surface area contributed by atoms with E-state index in [1.807, 2.05) is 6.08 Å². The molecule has 1 N–H and O–H groups in total. The van der Waals surface area contributed by atoms with Crippen molar-refractivity contribution in [1.82, 2.24) is 25.0 Å². The highest BCUT2D eigenvalue weighted by Gasteiger charge is 2.23. The number of hydrogen-bond acceptors (Lipinski definition) is 6. The third-order valence-corrected chi connectivity index (χ3v) is 4.37. The van der Waals surface area contributed by atoms with Crippen LogP contribution in [0.2, 0.25) is 5.15 Å². The van der Waals surface area contributed by atoms with Gasteiger partial charge in [0.15, 0.2) is 21.5 Å². The van der Waals surface area contributed by atoms with Crippen molar-refractivity contribution in [3.05, 3.63) is 17.3 Å². The molecule has 0 aliphatic heterocycles. The van der Waals surface area contributed by atoms with Crippen molar-refractivity contribution in [1.29, 1.82) is 0 Å². The van der Waals surface area contributed by atoms with E-state index < -0.39 is 6.10 Å². The third-order valence-electron chi connectivity index (χ3n) is 3.05. The van der Waals surface area contributed by atoms with Crippen LogP contribution in [0.3, 0.4) is 0 Å². The van der Waals surface area contributed by atoms with Gasteiger partial charge in [-0.25, -0.2) is 14.6 Å². The standard InChI is InChI=1S/C12H14ClN5OS/c1-2-5-20-12-14-10(13)9-11(15-12)18(17-16-9)7-3-4-8(19)6-7/h3-4,7-8,19H,2,5-6H2,1H3/t7?,8-/m1/s1. The monoisotopic (exact) mass is 311 g/mol. The maximum atomic E-state index is 9.58. The van der Waals surface area contributed by atoms with E-state index in [1.54, 1.807) is 22.5 Å². The van der Waals surface area contributed by atoms with Gasteiger partial charge in [0.05, 0.1) is 12.1 Å². The lowest BCUT2D eigenvalue weighted by Crippen LogP contribution is -2.10. The minimum atomic E-state index is -0.439. The molecule has 1 aliphatic rings. The first-order chi connectivity index (χ1) is 9.69. The van der Waals surface area contributed by atoms with Crippen molar-refractivity contribution in [2.45, 2.75) is 37.1 Å².